The molecule has 0 saturated carbocycles. The predicted molar refractivity (Wildman–Crippen MR) is 61.8 cm³/mol. The van der Waals surface area contributed by atoms with Crippen LogP contribution in [0.2, 0.25) is 0 Å². The molecule has 1 aliphatic rings. The summed E-state index contributed by atoms with van der Waals surface area (Å²) in [6, 6.07) is 0. The van der Waals surface area contributed by atoms with E-state index in [0.717, 1.165) is 11.3 Å². The smallest absolute Gasteiger partial charge is 0.416 e. The molecule has 0 aliphatic carbocycles. The van der Waals surface area contributed by atoms with Gasteiger partial charge in [-0.3, -0.25) is 14.5 Å². The van der Waals surface area contributed by atoms with Crippen LogP contribution < -0.4 is 0 Å². The van der Waals surface area contributed by atoms with Gasteiger partial charge in [0.05, 0.1) is 26.7 Å². The van der Waals surface area contributed by atoms with Crippen LogP contribution in [0, 0.1) is 0 Å². The van der Waals surface area contributed by atoms with E-state index in [1.165, 1.54) is 7.11 Å². The van der Waals surface area contributed by atoms with Crippen LogP contribution in [0.25, 0.3) is 0 Å². The molecule has 102 valence electrons. The third-order valence-corrected chi connectivity index (χ3v) is 2.54. The lowest BCUT2D eigenvalue weighted by Crippen LogP contribution is -2.43. The summed E-state index contributed by atoms with van der Waals surface area (Å²) in [7, 11) is 1.30. The summed E-state index contributed by atoms with van der Waals surface area (Å²) in [6.45, 7) is 3.09. The summed E-state index contributed by atoms with van der Waals surface area (Å²) in [5.41, 5.74) is 0. The van der Waals surface area contributed by atoms with E-state index in [-0.39, 0.29) is 32.1 Å². The maximum atomic E-state index is 11.8. The van der Waals surface area contributed by atoms with Crippen molar-refractivity contribution in [3.63, 3.8) is 0 Å². The average Bonchev–Trinajstić information content (AvgIpc) is 2.75. The van der Waals surface area contributed by atoms with Gasteiger partial charge in [-0.25, -0.2) is 9.69 Å². The summed E-state index contributed by atoms with van der Waals surface area (Å²) in [6.07, 6.45) is 0.184. The van der Waals surface area contributed by atoms with Crippen molar-refractivity contribution in [2.24, 2.45) is 0 Å². The second-order valence-corrected chi connectivity index (χ2v) is 3.95. The Morgan fingerprint density at radius 3 is 2.67 bits per heavy atom. The Morgan fingerprint density at radius 1 is 1.44 bits per heavy atom. The lowest BCUT2D eigenvalue weighted by Gasteiger charge is -2.21. The maximum Gasteiger partial charge on any atom is 0.416 e. The Labute approximate surface area is 106 Å². The number of imide groups is 1. The first-order chi connectivity index (χ1) is 8.58. The van der Waals surface area contributed by atoms with Crippen LogP contribution in [0.4, 0.5) is 4.79 Å². The van der Waals surface area contributed by atoms with Crippen molar-refractivity contribution in [2.45, 2.75) is 13.3 Å². The summed E-state index contributed by atoms with van der Waals surface area (Å²) in [5, 5.41) is 0. The quantitative estimate of drug-likeness (QED) is 0.617. The highest BCUT2D eigenvalue weighted by Gasteiger charge is 2.29. The van der Waals surface area contributed by atoms with E-state index in [2.05, 4.69) is 9.47 Å². The fourth-order valence-corrected chi connectivity index (χ4v) is 1.67. The van der Waals surface area contributed by atoms with Gasteiger partial charge in [0.1, 0.15) is 6.61 Å². The first-order valence-electron chi connectivity index (χ1n) is 5.84. The number of nitrogens with zero attached hydrogens (tertiary/aromatic N) is 2. The first-order valence-corrected chi connectivity index (χ1v) is 5.84. The average molecular weight is 258 g/mol. The standard InChI is InChI=1S/C11H18N2O5/c1-3-4-12(8-10(15)17-2)7-9(14)13-5-6-18-11(13)16/h3-8H2,1-2H3. The van der Waals surface area contributed by atoms with Crippen molar-refractivity contribution < 1.29 is 23.9 Å². The topological polar surface area (TPSA) is 76.2 Å². The molecule has 0 aromatic rings. The molecule has 1 heterocycles. The molecule has 7 heteroatoms. The molecule has 0 N–H and O–H groups in total. The number of methoxy groups -OCH3 is 1. The van der Waals surface area contributed by atoms with E-state index in [4.69, 9.17) is 0 Å². The van der Waals surface area contributed by atoms with Gasteiger partial charge in [0.2, 0.25) is 5.91 Å². The number of rotatable bonds is 6. The van der Waals surface area contributed by atoms with Crippen molar-refractivity contribution in [3.8, 4) is 0 Å². The zero-order valence-corrected chi connectivity index (χ0v) is 10.7. The molecule has 1 saturated heterocycles. The molecule has 0 spiro atoms. The van der Waals surface area contributed by atoms with Gasteiger partial charge < -0.3 is 9.47 Å². The normalized spacial score (nSPS) is 14.8. The maximum absolute atomic E-state index is 11.8. The molecule has 0 unspecified atom stereocenters. The van der Waals surface area contributed by atoms with Gasteiger partial charge in [0.15, 0.2) is 0 Å². The van der Waals surface area contributed by atoms with Crippen LogP contribution in [0.15, 0.2) is 0 Å². The Balaban J connectivity index is 2.51. The Morgan fingerprint density at radius 2 is 2.17 bits per heavy atom. The lowest BCUT2D eigenvalue weighted by molar-refractivity contribution is -0.142. The van der Waals surface area contributed by atoms with Gasteiger partial charge in [-0.2, -0.15) is 0 Å². The number of hydrogen-bond acceptors (Lipinski definition) is 6. The molecule has 2 amide bonds. The van der Waals surface area contributed by atoms with Gasteiger partial charge in [-0.1, -0.05) is 6.92 Å². The van der Waals surface area contributed by atoms with Gasteiger partial charge in [0, 0.05) is 0 Å². The van der Waals surface area contributed by atoms with E-state index in [1.54, 1.807) is 4.90 Å². The number of carbonyl (C=O) groups is 3. The number of carbonyl (C=O) groups excluding carboxylic acids is 3. The molecular weight excluding hydrogens is 240 g/mol. The van der Waals surface area contributed by atoms with Crippen LogP contribution >= 0.6 is 0 Å². The second-order valence-electron chi connectivity index (χ2n) is 3.95. The molecule has 7 nitrogen and oxygen atoms in total. The fourth-order valence-electron chi connectivity index (χ4n) is 1.67. The van der Waals surface area contributed by atoms with E-state index >= 15 is 0 Å². The molecule has 0 aromatic carbocycles. The largest absolute Gasteiger partial charge is 0.468 e. The number of amides is 2. The first kappa shape index (κ1) is 14.4. The Hall–Kier alpha value is -1.63. The molecular formula is C11H18N2O5. The SMILES string of the molecule is CCCN(CC(=O)OC)CC(=O)N1CCOC1=O. The molecule has 0 atom stereocenters. The van der Waals surface area contributed by atoms with Crippen molar-refractivity contribution in [2.75, 3.05) is 39.9 Å². The van der Waals surface area contributed by atoms with Gasteiger partial charge in [-0.15, -0.1) is 0 Å². The van der Waals surface area contributed by atoms with Crippen molar-refractivity contribution in [1.82, 2.24) is 9.80 Å². The summed E-state index contributed by atoms with van der Waals surface area (Å²) < 4.78 is 9.24. The van der Waals surface area contributed by atoms with Gasteiger partial charge >= 0.3 is 12.1 Å². The molecule has 0 bridgehead atoms. The fraction of sp³-hybridized carbons (Fsp3) is 0.727. The third kappa shape index (κ3) is 3.99. The van der Waals surface area contributed by atoms with E-state index in [0.29, 0.717) is 6.54 Å². The minimum atomic E-state index is -0.616. The minimum absolute atomic E-state index is 0.0119. The highest BCUT2D eigenvalue weighted by molar-refractivity contribution is 5.94. The van der Waals surface area contributed by atoms with Gasteiger partial charge in [-0.05, 0) is 13.0 Å². The molecule has 1 rings (SSSR count). The second kappa shape index (κ2) is 6.95. The number of cyclic esters (lactones) is 1. The Kier molecular flexibility index (Phi) is 5.57. The highest BCUT2D eigenvalue weighted by Crippen LogP contribution is 2.05. The van der Waals surface area contributed by atoms with Crippen LogP contribution in [-0.4, -0.2) is 67.7 Å². The predicted octanol–water partition coefficient (Wildman–Crippen LogP) is -0.150. The van der Waals surface area contributed by atoms with E-state index in [9.17, 15) is 14.4 Å². The lowest BCUT2D eigenvalue weighted by atomic mass is 10.3. The van der Waals surface area contributed by atoms with Crippen LogP contribution in [0.3, 0.4) is 0 Å². The zero-order chi connectivity index (χ0) is 13.5. The van der Waals surface area contributed by atoms with Crippen LogP contribution in [0.1, 0.15) is 13.3 Å². The van der Waals surface area contributed by atoms with Crippen molar-refractivity contribution >= 4 is 18.0 Å². The number of hydrogen-bond donors (Lipinski definition) is 0. The third-order valence-electron chi connectivity index (χ3n) is 2.54. The zero-order valence-electron chi connectivity index (χ0n) is 10.7. The monoisotopic (exact) mass is 258 g/mol. The summed E-state index contributed by atoms with van der Waals surface area (Å²) in [5.74, 6) is -0.755. The summed E-state index contributed by atoms with van der Waals surface area (Å²) >= 11 is 0. The molecule has 0 radical (unpaired) electrons. The number of esters is 1. The van der Waals surface area contributed by atoms with Crippen molar-refractivity contribution in [3.05, 3.63) is 0 Å². The van der Waals surface area contributed by atoms with E-state index < -0.39 is 12.1 Å². The minimum Gasteiger partial charge on any atom is -0.468 e. The van der Waals surface area contributed by atoms with Crippen LogP contribution in [-0.2, 0) is 19.1 Å². The molecule has 0 aromatic heterocycles. The molecule has 1 fully saturated rings. The Bertz CT molecular complexity index is 331. The summed E-state index contributed by atoms with van der Waals surface area (Å²) in [4.78, 5) is 36.9. The molecule has 18 heavy (non-hydrogen) atoms. The molecule has 1 aliphatic heterocycles. The van der Waals surface area contributed by atoms with E-state index in [1.807, 2.05) is 6.92 Å². The number of ether oxygens (including phenoxy) is 2. The highest BCUT2D eigenvalue weighted by atomic mass is 16.6. The van der Waals surface area contributed by atoms with Crippen LogP contribution in [0.5, 0.6) is 0 Å². The van der Waals surface area contributed by atoms with Crippen molar-refractivity contribution in [1.29, 1.82) is 0 Å². The van der Waals surface area contributed by atoms with Gasteiger partial charge in [0.25, 0.3) is 0 Å².